The van der Waals surface area contributed by atoms with Crippen molar-refractivity contribution in [3.05, 3.63) is 64.7 Å². The molecule has 0 saturated carbocycles. The van der Waals surface area contributed by atoms with E-state index in [0.29, 0.717) is 10.6 Å². The Hall–Kier alpha value is -1.45. The second kappa shape index (κ2) is 4.60. The zero-order valence-corrected chi connectivity index (χ0v) is 9.16. The summed E-state index contributed by atoms with van der Waals surface area (Å²) in [6.07, 6.45) is 3.34. The Labute approximate surface area is 97.9 Å². The smallest absolute Gasteiger partial charge is 0.124 e. The van der Waals surface area contributed by atoms with Gasteiger partial charge < -0.3 is 5.73 Å². The molecule has 0 aliphatic heterocycles. The van der Waals surface area contributed by atoms with Crippen LogP contribution in [0, 0.1) is 5.82 Å². The fourth-order valence-corrected chi connectivity index (χ4v) is 1.78. The maximum Gasteiger partial charge on any atom is 0.124 e. The van der Waals surface area contributed by atoms with Crippen molar-refractivity contribution >= 4 is 11.6 Å². The first-order chi connectivity index (χ1) is 7.68. The highest BCUT2D eigenvalue weighted by Gasteiger charge is 2.12. The average molecular weight is 237 g/mol. The van der Waals surface area contributed by atoms with Gasteiger partial charge in [-0.15, -0.1) is 0 Å². The summed E-state index contributed by atoms with van der Waals surface area (Å²) < 4.78 is 12.9. The van der Waals surface area contributed by atoms with Crippen molar-refractivity contribution in [2.75, 3.05) is 0 Å². The summed E-state index contributed by atoms with van der Waals surface area (Å²) in [7, 11) is 0. The van der Waals surface area contributed by atoms with Crippen molar-refractivity contribution in [1.29, 1.82) is 0 Å². The van der Waals surface area contributed by atoms with Gasteiger partial charge in [0.1, 0.15) is 5.82 Å². The normalized spacial score (nSPS) is 12.4. The number of halogens is 2. The van der Waals surface area contributed by atoms with E-state index in [1.165, 1.54) is 12.1 Å². The van der Waals surface area contributed by atoms with Crippen LogP contribution >= 0.6 is 11.6 Å². The molecular formula is C12H10ClFN2. The minimum atomic E-state index is -0.387. The number of aromatic nitrogens is 1. The first kappa shape index (κ1) is 11.0. The summed E-state index contributed by atoms with van der Waals surface area (Å²) in [4.78, 5) is 3.98. The van der Waals surface area contributed by atoms with Crippen LogP contribution in [0.4, 0.5) is 4.39 Å². The Morgan fingerprint density at radius 2 is 2.12 bits per heavy atom. The molecule has 0 amide bonds. The van der Waals surface area contributed by atoms with Crippen LogP contribution in [0.3, 0.4) is 0 Å². The largest absolute Gasteiger partial charge is 0.320 e. The molecule has 1 aromatic heterocycles. The van der Waals surface area contributed by atoms with E-state index in [1.54, 1.807) is 24.5 Å². The molecule has 82 valence electrons. The first-order valence-electron chi connectivity index (χ1n) is 4.79. The molecule has 2 rings (SSSR count). The molecular weight excluding hydrogens is 227 g/mol. The van der Waals surface area contributed by atoms with E-state index in [4.69, 9.17) is 17.3 Å². The van der Waals surface area contributed by atoms with Gasteiger partial charge in [-0.2, -0.15) is 0 Å². The number of nitrogens with two attached hydrogens (primary N) is 1. The molecule has 0 aliphatic rings. The minimum absolute atomic E-state index is 0.330. The van der Waals surface area contributed by atoms with Crippen LogP contribution < -0.4 is 5.73 Å². The molecule has 1 aromatic carbocycles. The highest BCUT2D eigenvalue weighted by atomic mass is 35.5. The fraction of sp³-hybridized carbons (Fsp3) is 0.0833. The lowest BCUT2D eigenvalue weighted by atomic mass is 10.0. The topological polar surface area (TPSA) is 38.9 Å². The molecule has 4 heteroatoms. The van der Waals surface area contributed by atoms with Gasteiger partial charge in [-0.25, -0.2) is 4.39 Å². The van der Waals surface area contributed by atoms with E-state index >= 15 is 0 Å². The average Bonchev–Trinajstić information content (AvgIpc) is 2.29. The summed E-state index contributed by atoms with van der Waals surface area (Å²) in [5.74, 6) is -0.368. The Morgan fingerprint density at radius 1 is 1.31 bits per heavy atom. The molecule has 1 unspecified atom stereocenters. The van der Waals surface area contributed by atoms with Crippen LogP contribution in [0.2, 0.25) is 5.02 Å². The van der Waals surface area contributed by atoms with Gasteiger partial charge in [0, 0.05) is 17.4 Å². The predicted molar refractivity (Wildman–Crippen MR) is 61.7 cm³/mol. The number of rotatable bonds is 2. The Morgan fingerprint density at radius 3 is 2.75 bits per heavy atom. The lowest BCUT2D eigenvalue weighted by Gasteiger charge is -2.13. The Kier molecular flexibility index (Phi) is 3.17. The van der Waals surface area contributed by atoms with E-state index in [0.717, 1.165) is 5.56 Å². The highest BCUT2D eigenvalue weighted by molar-refractivity contribution is 6.31. The molecule has 0 saturated heterocycles. The van der Waals surface area contributed by atoms with E-state index in [-0.39, 0.29) is 11.9 Å². The van der Waals surface area contributed by atoms with Gasteiger partial charge in [0.25, 0.3) is 0 Å². The molecule has 2 aromatic rings. The molecule has 2 nitrogen and oxygen atoms in total. The highest BCUT2D eigenvalue weighted by Crippen LogP contribution is 2.26. The van der Waals surface area contributed by atoms with Crippen LogP contribution in [0.25, 0.3) is 0 Å². The van der Waals surface area contributed by atoms with E-state index < -0.39 is 0 Å². The molecule has 16 heavy (non-hydrogen) atoms. The van der Waals surface area contributed by atoms with Crippen molar-refractivity contribution in [3.63, 3.8) is 0 Å². The third-order valence-electron chi connectivity index (χ3n) is 2.34. The monoisotopic (exact) mass is 236 g/mol. The van der Waals surface area contributed by atoms with Crippen molar-refractivity contribution in [3.8, 4) is 0 Å². The summed E-state index contributed by atoms with van der Waals surface area (Å²) in [6.45, 7) is 0. The fourth-order valence-electron chi connectivity index (χ4n) is 1.49. The van der Waals surface area contributed by atoms with Crippen LogP contribution in [-0.4, -0.2) is 4.98 Å². The zero-order chi connectivity index (χ0) is 11.5. The van der Waals surface area contributed by atoms with E-state index in [2.05, 4.69) is 4.98 Å². The minimum Gasteiger partial charge on any atom is -0.320 e. The second-order valence-electron chi connectivity index (χ2n) is 3.43. The number of pyridine rings is 1. The van der Waals surface area contributed by atoms with Crippen molar-refractivity contribution in [2.24, 2.45) is 5.73 Å². The van der Waals surface area contributed by atoms with Gasteiger partial charge in [-0.05, 0) is 29.3 Å². The molecule has 0 fully saturated rings. The van der Waals surface area contributed by atoms with Gasteiger partial charge in [0.15, 0.2) is 0 Å². The van der Waals surface area contributed by atoms with Gasteiger partial charge in [0.05, 0.1) is 6.04 Å². The zero-order valence-electron chi connectivity index (χ0n) is 8.40. The van der Waals surface area contributed by atoms with Gasteiger partial charge in [-0.3, -0.25) is 4.98 Å². The van der Waals surface area contributed by atoms with E-state index in [9.17, 15) is 4.39 Å². The summed E-state index contributed by atoms with van der Waals surface area (Å²) >= 11 is 5.93. The number of hydrogen-bond acceptors (Lipinski definition) is 2. The molecule has 0 aliphatic carbocycles. The third kappa shape index (κ3) is 2.21. The molecule has 0 radical (unpaired) electrons. The van der Waals surface area contributed by atoms with Crippen molar-refractivity contribution in [1.82, 2.24) is 4.98 Å². The lowest BCUT2D eigenvalue weighted by Crippen LogP contribution is -2.12. The first-order valence-corrected chi connectivity index (χ1v) is 5.17. The SMILES string of the molecule is NC(c1cccnc1)c1ccc(F)cc1Cl. The maximum absolute atomic E-state index is 12.9. The van der Waals surface area contributed by atoms with Gasteiger partial charge in [0.2, 0.25) is 0 Å². The number of benzene rings is 1. The number of nitrogens with zero attached hydrogens (tertiary/aromatic N) is 1. The Bertz CT molecular complexity index is 488. The summed E-state index contributed by atoms with van der Waals surface area (Å²) in [5, 5.41) is 0.330. The summed E-state index contributed by atoms with van der Waals surface area (Å²) in [6, 6.07) is 7.46. The number of hydrogen-bond donors (Lipinski definition) is 1. The standard InChI is InChI=1S/C12H10ClFN2/c13-11-6-9(14)3-4-10(11)12(15)8-2-1-5-16-7-8/h1-7,12H,15H2. The van der Waals surface area contributed by atoms with Gasteiger partial charge in [-0.1, -0.05) is 23.7 Å². The second-order valence-corrected chi connectivity index (χ2v) is 3.84. The van der Waals surface area contributed by atoms with Crippen molar-refractivity contribution < 1.29 is 4.39 Å². The molecule has 0 spiro atoms. The van der Waals surface area contributed by atoms with Crippen LogP contribution in [0.15, 0.2) is 42.7 Å². The Balaban J connectivity index is 2.38. The predicted octanol–water partition coefficient (Wildman–Crippen LogP) is 2.92. The maximum atomic E-state index is 12.9. The van der Waals surface area contributed by atoms with Gasteiger partial charge >= 0.3 is 0 Å². The van der Waals surface area contributed by atoms with Crippen LogP contribution in [-0.2, 0) is 0 Å². The summed E-state index contributed by atoms with van der Waals surface area (Å²) in [5.41, 5.74) is 7.55. The third-order valence-corrected chi connectivity index (χ3v) is 2.67. The van der Waals surface area contributed by atoms with E-state index in [1.807, 2.05) is 6.07 Å². The quantitative estimate of drug-likeness (QED) is 0.871. The molecule has 2 N–H and O–H groups in total. The van der Waals surface area contributed by atoms with Crippen LogP contribution in [0.1, 0.15) is 17.2 Å². The molecule has 1 atom stereocenters. The van der Waals surface area contributed by atoms with Crippen molar-refractivity contribution in [2.45, 2.75) is 6.04 Å². The lowest BCUT2D eigenvalue weighted by molar-refractivity contribution is 0.626. The molecule has 0 bridgehead atoms. The molecule has 1 heterocycles. The van der Waals surface area contributed by atoms with Crippen LogP contribution in [0.5, 0.6) is 0 Å².